The molecule has 6 atom stereocenters. The molecule has 1 nitrogen and oxygen atoms in total. The zero-order valence-electron chi connectivity index (χ0n) is 18.9. The molecule has 6 rings (SSSR count). The largest absolute Gasteiger partial charge is 0.303 e. The van der Waals surface area contributed by atoms with Gasteiger partial charge >= 0.3 is 0 Å². The number of piperidine rings is 1. The summed E-state index contributed by atoms with van der Waals surface area (Å²) in [5.41, 5.74) is 5.81. The SMILES string of the molecule is c1ccc([C@H]2C[C@@H](c3ccccc3)[C@@H]3C[C@H]2[C@@H](c2ccccc2)N[C@H]3c2ccccc2)cc1. The van der Waals surface area contributed by atoms with Crippen molar-refractivity contribution in [3.63, 3.8) is 0 Å². The van der Waals surface area contributed by atoms with Gasteiger partial charge in [-0.2, -0.15) is 0 Å². The smallest absolute Gasteiger partial charge is 0.0360 e. The summed E-state index contributed by atoms with van der Waals surface area (Å²) in [6.45, 7) is 0. The second kappa shape index (κ2) is 9.00. The second-order valence-corrected chi connectivity index (χ2v) is 9.78. The van der Waals surface area contributed by atoms with Gasteiger partial charge in [-0.3, -0.25) is 0 Å². The molecule has 1 N–H and O–H groups in total. The third-order valence-corrected chi connectivity index (χ3v) is 8.07. The van der Waals surface area contributed by atoms with Gasteiger partial charge in [-0.15, -0.1) is 0 Å². The van der Waals surface area contributed by atoms with E-state index in [1.54, 1.807) is 0 Å². The molecule has 1 heteroatoms. The molecule has 1 saturated heterocycles. The predicted molar refractivity (Wildman–Crippen MR) is 136 cm³/mol. The maximum absolute atomic E-state index is 4.19. The highest BCUT2D eigenvalue weighted by Crippen LogP contribution is 2.58. The van der Waals surface area contributed by atoms with E-state index >= 15 is 0 Å². The summed E-state index contributed by atoms with van der Waals surface area (Å²) in [5, 5.41) is 4.19. The summed E-state index contributed by atoms with van der Waals surface area (Å²) in [6.07, 6.45) is 2.45. The van der Waals surface area contributed by atoms with Crippen molar-refractivity contribution in [3.8, 4) is 0 Å². The van der Waals surface area contributed by atoms with Gasteiger partial charge in [-0.05, 0) is 58.8 Å². The Balaban J connectivity index is 1.47. The lowest BCUT2D eigenvalue weighted by Crippen LogP contribution is -2.49. The number of rotatable bonds is 4. The minimum absolute atomic E-state index is 0.356. The first kappa shape index (κ1) is 20.4. The number of hydrogen-bond donors (Lipinski definition) is 1. The lowest BCUT2D eigenvalue weighted by Gasteiger charge is -2.53. The molecule has 0 radical (unpaired) electrons. The fourth-order valence-corrected chi connectivity index (χ4v) is 6.62. The normalized spacial score (nSPS) is 28.8. The van der Waals surface area contributed by atoms with Crippen LogP contribution < -0.4 is 5.32 Å². The van der Waals surface area contributed by atoms with Crippen molar-refractivity contribution < 1.29 is 0 Å². The molecule has 0 unspecified atom stereocenters. The number of fused-ring (bicyclic) bond motifs is 2. The van der Waals surface area contributed by atoms with Crippen LogP contribution in [0, 0.1) is 11.8 Å². The third kappa shape index (κ3) is 3.92. The van der Waals surface area contributed by atoms with Crippen LogP contribution in [0.1, 0.15) is 59.0 Å². The van der Waals surface area contributed by atoms with Crippen molar-refractivity contribution in [1.29, 1.82) is 0 Å². The van der Waals surface area contributed by atoms with Gasteiger partial charge in [0.15, 0.2) is 0 Å². The van der Waals surface area contributed by atoms with E-state index in [1.165, 1.54) is 35.1 Å². The van der Waals surface area contributed by atoms with Crippen LogP contribution in [0.3, 0.4) is 0 Å². The van der Waals surface area contributed by atoms with Gasteiger partial charge in [-0.25, -0.2) is 0 Å². The molecule has 0 amide bonds. The van der Waals surface area contributed by atoms with Gasteiger partial charge in [-0.1, -0.05) is 121 Å². The zero-order chi connectivity index (χ0) is 22.0. The van der Waals surface area contributed by atoms with Crippen LogP contribution in [0.2, 0.25) is 0 Å². The van der Waals surface area contributed by atoms with Crippen LogP contribution in [0.15, 0.2) is 121 Å². The van der Waals surface area contributed by atoms with Crippen LogP contribution in [-0.2, 0) is 0 Å². The molecule has 2 fully saturated rings. The molecule has 1 heterocycles. The first-order chi connectivity index (χ1) is 16.4. The van der Waals surface area contributed by atoms with E-state index in [0.29, 0.717) is 35.8 Å². The monoisotopic (exact) mass is 429 g/mol. The first-order valence-electron chi connectivity index (χ1n) is 12.3. The zero-order valence-corrected chi connectivity index (χ0v) is 18.9. The molecule has 33 heavy (non-hydrogen) atoms. The van der Waals surface area contributed by atoms with E-state index in [-0.39, 0.29) is 0 Å². The average molecular weight is 430 g/mol. The van der Waals surface area contributed by atoms with Crippen LogP contribution in [0.4, 0.5) is 0 Å². The molecular formula is C32H31N. The minimum Gasteiger partial charge on any atom is -0.303 e. The first-order valence-corrected chi connectivity index (χ1v) is 12.3. The van der Waals surface area contributed by atoms with Crippen LogP contribution in [0.5, 0.6) is 0 Å². The van der Waals surface area contributed by atoms with Crippen molar-refractivity contribution in [1.82, 2.24) is 5.32 Å². The van der Waals surface area contributed by atoms with Crippen LogP contribution in [-0.4, -0.2) is 0 Å². The number of nitrogens with one attached hydrogen (secondary N) is 1. The topological polar surface area (TPSA) is 12.0 Å². The van der Waals surface area contributed by atoms with E-state index in [2.05, 4.69) is 127 Å². The Morgan fingerprint density at radius 2 is 0.727 bits per heavy atom. The van der Waals surface area contributed by atoms with Gasteiger partial charge in [0.1, 0.15) is 0 Å². The molecule has 0 spiro atoms. The minimum atomic E-state index is 0.356. The van der Waals surface area contributed by atoms with Crippen molar-refractivity contribution in [2.45, 2.75) is 36.8 Å². The van der Waals surface area contributed by atoms with Gasteiger partial charge in [0, 0.05) is 12.1 Å². The molecule has 2 aliphatic rings. The van der Waals surface area contributed by atoms with Crippen LogP contribution in [0.25, 0.3) is 0 Å². The molecule has 1 aliphatic heterocycles. The van der Waals surface area contributed by atoms with Crippen LogP contribution >= 0.6 is 0 Å². The summed E-state index contributed by atoms with van der Waals surface area (Å²) < 4.78 is 0. The van der Waals surface area contributed by atoms with Gasteiger partial charge < -0.3 is 5.32 Å². The third-order valence-electron chi connectivity index (χ3n) is 8.07. The van der Waals surface area contributed by atoms with Crippen molar-refractivity contribution in [3.05, 3.63) is 144 Å². The Morgan fingerprint density at radius 1 is 0.394 bits per heavy atom. The fraction of sp³-hybridized carbons (Fsp3) is 0.250. The highest BCUT2D eigenvalue weighted by molar-refractivity contribution is 5.34. The standard InChI is InChI=1S/C32H31N/c1-5-13-23(14-6-1)27-21-28(24-15-7-2-8-16-24)30-22-29(27)31(25-17-9-3-10-18-25)33-32(30)26-19-11-4-12-20-26/h1-20,27-33H,21-22H2/t27-,28+,29-,30+,31-,32+. The number of hydrogen-bond acceptors (Lipinski definition) is 1. The second-order valence-electron chi connectivity index (χ2n) is 9.78. The van der Waals surface area contributed by atoms with E-state index in [4.69, 9.17) is 0 Å². The highest BCUT2D eigenvalue weighted by Gasteiger charge is 2.49. The molecule has 4 aromatic carbocycles. The Bertz CT molecular complexity index is 970. The average Bonchev–Trinajstić information content (AvgIpc) is 2.91. The highest BCUT2D eigenvalue weighted by atomic mass is 15.0. The van der Waals surface area contributed by atoms with E-state index in [1.807, 2.05) is 0 Å². The van der Waals surface area contributed by atoms with Gasteiger partial charge in [0.25, 0.3) is 0 Å². The Labute approximate surface area is 197 Å². The van der Waals surface area contributed by atoms with Crippen molar-refractivity contribution in [2.24, 2.45) is 11.8 Å². The maximum Gasteiger partial charge on any atom is 0.0360 e. The van der Waals surface area contributed by atoms with Crippen molar-refractivity contribution >= 4 is 0 Å². The Hall–Kier alpha value is -3.16. The maximum atomic E-state index is 4.19. The summed E-state index contributed by atoms with van der Waals surface area (Å²) in [6, 6.07) is 45.5. The summed E-state index contributed by atoms with van der Waals surface area (Å²) in [7, 11) is 0. The molecule has 2 bridgehead atoms. The lowest BCUT2D eigenvalue weighted by atomic mass is 9.57. The summed E-state index contributed by atoms with van der Waals surface area (Å²) >= 11 is 0. The summed E-state index contributed by atoms with van der Waals surface area (Å²) in [4.78, 5) is 0. The Kier molecular flexibility index (Phi) is 5.58. The summed E-state index contributed by atoms with van der Waals surface area (Å²) in [5.74, 6) is 2.25. The van der Waals surface area contributed by atoms with Crippen molar-refractivity contribution in [2.75, 3.05) is 0 Å². The molecule has 1 saturated carbocycles. The predicted octanol–water partition coefficient (Wildman–Crippen LogP) is 7.67. The van der Waals surface area contributed by atoms with E-state index in [9.17, 15) is 0 Å². The molecule has 0 aromatic heterocycles. The molecule has 1 aliphatic carbocycles. The molecule has 164 valence electrons. The van der Waals surface area contributed by atoms with E-state index < -0.39 is 0 Å². The Morgan fingerprint density at radius 3 is 1.09 bits per heavy atom. The molecular weight excluding hydrogens is 398 g/mol. The van der Waals surface area contributed by atoms with Gasteiger partial charge in [0.2, 0.25) is 0 Å². The van der Waals surface area contributed by atoms with E-state index in [0.717, 1.165) is 0 Å². The molecule has 4 aromatic rings. The van der Waals surface area contributed by atoms with Gasteiger partial charge in [0.05, 0.1) is 0 Å². The quantitative estimate of drug-likeness (QED) is 0.351. The lowest BCUT2D eigenvalue weighted by molar-refractivity contribution is 0.0682. The number of benzene rings is 4. The fourth-order valence-electron chi connectivity index (χ4n) is 6.62.